The molecule has 0 bridgehead atoms. The summed E-state index contributed by atoms with van der Waals surface area (Å²) in [5, 5.41) is 12.2. The van der Waals surface area contributed by atoms with Gasteiger partial charge < -0.3 is 5.11 Å². The molecule has 0 heterocycles. The molecule has 86 valence electrons. The van der Waals surface area contributed by atoms with Crippen LogP contribution < -0.4 is 0 Å². The van der Waals surface area contributed by atoms with Crippen LogP contribution in [-0.4, -0.2) is 17.6 Å². The summed E-state index contributed by atoms with van der Waals surface area (Å²) in [6.07, 6.45) is 0.447. The minimum Gasteiger partial charge on any atom is -0.478 e. The molecule has 17 heavy (non-hydrogen) atoms. The van der Waals surface area contributed by atoms with Crippen LogP contribution in [0.15, 0.2) is 27.8 Å². The number of carbonyl (C=O) groups is 1. The lowest BCUT2D eigenvalue weighted by atomic mass is 10.1. The number of aromatic carboxylic acids is 1. The fraction of sp³-hybridized carbons (Fsp3) is 0.182. The molecule has 0 saturated carbocycles. The van der Waals surface area contributed by atoms with Crippen molar-refractivity contribution < 1.29 is 9.90 Å². The van der Waals surface area contributed by atoms with Crippen LogP contribution in [0.1, 0.15) is 22.3 Å². The molecule has 0 aliphatic rings. The van der Waals surface area contributed by atoms with Crippen molar-refractivity contribution in [2.75, 3.05) is 6.54 Å². The Hall–Kier alpha value is -1.96. The van der Waals surface area contributed by atoms with Gasteiger partial charge in [-0.05, 0) is 39.7 Å². The molecule has 0 amide bonds. The minimum absolute atomic E-state index is 0.173. The van der Waals surface area contributed by atoms with Gasteiger partial charge in [-0.15, -0.1) is 0 Å². The summed E-state index contributed by atoms with van der Waals surface area (Å²) in [7, 11) is 0. The number of carboxylic acids is 1. The largest absolute Gasteiger partial charge is 0.478 e. The van der Waals surface area contributed by atoms with Crippen LogP contribution in [0, 0.1) is 11.8 Å². The molecule has 5 nitrogen and oxygen atoms in total. The van der Waals surface area contributed by atoms with Crippen molar-refractivity contribution in [3.63, 3.8) is 0 Å². The Balaban J connectivity index is 2.82. The standard InChI is InChI=1S/C11H8BrN3O2/c12-10-5-4-8(7-9(10)11(16)17)3-1-2-6-14-15-13/h4-5,7H,2,6H2,(H,16,17). The molecule has 0 aliphatic carbocycles. The normalized spacial score (nSPS) is 8.76. The van der Waals surface area contributed by atoms with E-state index in [2.05, 4.69) is 37.8 Å². The number of rotatable bonds is 3. The molecule has 6 heteroatoms. The third kappa shape index (κ3) is 4.19. The minimum atomic E-state index is -1.00. The Labute approximate surface area is 106 Å². The topological polar surface area (TPSA) is 86.1 Å². The lowest BCUT2D eigenvalue weighted by Gasteiger charge is -1.98. The second kappa shape index (κ2) is 6.59. The van der Waals surface area contributed by atoms with Gasteiger partial charge in [0.05, 0.1) is 5.56 Å². The van der Waals surface area contributed by atoms with Crippen molar-refractivity contribution in [2.24, 2.45) is 5.11 Å². The van der Waals surface area contributed by atoms with Crippen molar-refractivity contribution in [1.82, 2.24) is 0 Å². The predicted molar refractivity (Wildman–Crippen MR) is 66.6 cm³/mol. The maximum atomic E-state index is 10.9. The monoisotopic (exact) mass is 293 g/mol. The highest BCUT2D eigenvalue weighted by Gasteiger charge is 2.07. The molecule has 0 radical (unpaired) electrons. The van der Waals surface area contributed by atoms with E-state index in [-0.39, 0.29) is 5.56 Å². The molecule has 0 unspecified atom stereocenters. The first kappa shape index (κ1) is 13.1. The van der Waals surface area contributed by atoms with E-state index in [0.717, 1.165) is 0 Å². The van der Waals surface area contributed by atoms with Crippen molar-refractivity contribution in [2.45, 2.75) is 6.42 Å². The molecule has 0 atom stereocenters. The number of hydrogen-bond donors (Lipinski definition) is 1. The summed E-state index contributed by atoms with van der Waals surface area (Å²) in [6, 6.07) is 4.85. The van der Waals surface area contributed by atoms with Crippen molar-refractivity contribution >= 4 is 21.9 Å². The van der Waals surface area contributed by atoms with Crippen LogP contribution in [-0.2, 0) is 0 Å². The van der Waals surface area contributed by atoms with Gasteiger partial charge in [0.25, 0.3) is 0 Å². The molecule has 0 aromatic heterocycles. The summed E-state index contributed by atoms with van der Waals surface area (Å²) in [6.45, 7) is 0.311. The molecule has 0 saturated heterocycles. The van der Waals surface area contributed by atoms with Gasteiger partial charge in [-0.2, -0.15) is 0 Å². The average molecular weight is 294 g/mol. The number of benzene rings is 1. The van der Waals surface area contributed by atoms with Crippen molar-refractivity contribution in [3.05, 3.63) is 44.2 Å². The summed E-state index contributed by atoms with van der Waals surface area (Å²) in [5.41, 5.74) is 8.84. The average Bonchev–Trinajstić information content (AvgIpc) is 2.30. The van der Waals surface area contributed by atoms with Gasteiger partial charge in [-0.25, -0.2) is 4.79 Å². The first-order valence-electron chi connectivity index (χ1n) is 4.67. The zero-order valence-corrected chi connectivity index (χ0v) is 10.3. The lowest BCUT2D eigenvalue weighted by molar-refractivity contribution is 0.0696. The van der Waals surface area contributed by atoms with E-state index in [1.54, 1.807) is 12.1 Å². The van der Waals surface area contributed by atoms with E-state index in [1.165, 1.54) is 6.07 Å². The van der Waals surface area contributed by atoms with Gasteiger partial charge in [-0.1, -0.05) is 17.0 Å². The van der Waals surface area contributed by atoms with Crippen LogP contribution in [0.25, 0.3) is 10.4 Å². The van der Waals surface area contributed by atoms with E-state index in [4.69, 9.17) is 10.6 Å². The first-order chi connectivity index (χ1) is 8.15. The Morgan fingerprint density at radius 1 is 1.59 bits per heavy atom. The highest BCUT2D eigenvalue weighted by Crippen LogP contribution is 2.17. The molecule has 1 rings (SSSR count). The van der Waals surface area contributed by atoms with Crippen LogP contribution in [0.4, 0.5) is 0 Å². The Bertz CT molecular complexity index is 539. The number of nitrogens with zero attached hydrogens (tertiary/aromatic N) is 3. The fourth-order valence-corrected chi connectivity index (χ4v) is 1.50. The van der Waals surface area contributed by atoms with E-state index in [9.17, 15) is 4.79 Å². The number of carboxylic acid groups (broad SMARTS) is 1. The summed E-state index contributed by atoms with van der Waals surface area (Å²) >= 11 is 3.15. The molecule has 0 fully saturated rings. The fourth-order valence-electron chi connectivity index (χ4n) is 1.08. The van der Waals surface area contributed by atoms with Crippen LogP contribution in [0.3, 0.4) is 0 Å². The third-order valence-electron chi connectivity index (χ3n) is 1.83. The molecule has 1 aromatic rings. The van der Waals surface area contributed by atoms with Gasteiger partial charge in [0.1, 0.15) is 0 Å². The lowest BCUT2D eigenvalue weighted by Crippen LogP contribution is -1.97. The molecule has 1 N–H and O–H groups in total. The summed E-state index contributed by atoms with van der Waals surface area (Å²) in [5.74, 6) is 4.60. The molecule has 0 aliphatic heterocycles. The number of azide groups is 1. The molecular weight excluding hydrogens is 286 g/mol. The van der Waals surface area contributed by atoms with Crippen LogP contribution >= 0.6 is 15.9 Å². The van der Waals surface area contributed by atoms with Gasteiger partial charge in [0, 0.05) is 27.9 Å². The number of hydrogen-bond acceptors (Lipinski definition) is 2. The van der Waals surface area contributed by atoms with Crippen molar-refractivity contribution in [1.29, 1.82) is 0 Å². The predicted octanol–water partition coefficient (Wildman–Crippen LogP) is 3.20. The summed E-state index contributed by atoms with van der Waals surface area (Å²) < 4.78 is 0.518. The summed E-state index contributed by atoms with van der Waals surface area (Å²) in [4.78, 5) is 13.5. The molecular formula is C11H8BrN3O2. The van der Waals surface area contributed by atoms with E-state index in [0.29, 0.717) is 23.0 Å². The zero-order valence-electron chi connectivity index (χ0n) is 8.72. The van der Waals surface area contributed by atoms with Crippen molar-refractivity contribution in [3.8, 4) is 11.8 Å². The Morgan fingerprint density at radius 3 is 3.00 bits per heavy atom. The quantitative estimate of drug-likeness (QED) is 0.305. The number of halogens is 1. The first-order valence-corrected chi connectivity index (χ1v) is 5.47. The Morgan fingerprint density at radius 2 is 2.35 bits per heavy atom. The van der Waals surface area contributed by atoms with Gasteiger partial charge in [-0.3, -0.25) is 0 Å². The van der Waals surface area contributed by atoms with Crippen LogP contribution in [0.5, 0.6) is 0 Å². The van der Waals surface area contributed by atoms with E-state index < -0.39 is 5.97 Å². The van der Waals surface area contributed by atoms with E-state index in [1.807, 2.05) is 0 Å². The second-order valence-corrected chi connectivity index (χ2v) is 3.86. The highest BCUT2D eigenvalue weighted by atomic mass is 79.9. The third-order valence-corrected chi connectivity index (χ3v) is 2.52. The van der Waals surface area contributed by atoms with Crippen LogP contribution in [0.2, 0.25) is 0 Å². The smallest absolute Gasteiger partial charge is 0.336 e. The van der Waals surface area contributed by atoms with Gasteiger partial charge in [0.2, 0.25) is 0 Å². The maximum Gasteiger partial charge on any atom is 0.336 e. The maximum absolute atomic E-state index is 10.9. The highest BCUT2D eigenvalue weighted by molar-refractivity contribution is 9.10. The van der Waals surface area contributed by atoms with Gasteiger partial charge >= 0.3 is 5.97 Å². The molecule has 1 aromatic carbocycles. The molecule has 0 spiro atoms. The van der Waals surface area contributed by atoms with E-state index >= 15 is 0 Å². The SMILES string of the molecule is [N-]=[N+]=NCCC#Cc1ccc(Br)c(C(=O)O)c1. The van der Waals surface area contributed by atoms with Gasteiger partial charge in [0.15, 0.2) is 0 Å². The zero-order chi connectivity index (χ0) is 12.7. The second-order valence-electron chi connectivity index (χ2n) is 3.01. The Kier molecular flexibility index (Phi) is 5.08.